The molecule has 0 saturated heterocycles. The standard InChI is InChI=1S/2C7HF13O2.Mg/c2*8-2(9,1(21)22)3(10,11)4(12,13)5(14,15)6(16,17)7(18,19)20;/h2*(H,21,22);/q;;+2/p-2. The second-order valence-electron chi connectivity index (χ2n) is 7.31. The summed E-state index contributed by atoms with van der Waals surface area (Å²) in [4.78, 5) is 19.1. The van der Waals surface area contributed by atoms with E-state index in [1.807, 2.05) is 0 Å². The molecule has 0 rings (SSSR count). The summed E-state index contributed by atoms with van der Waals surface area (Å²) < 4.78 is 318. The zero-order valence-corrected chi connectivity index (χ0v) is 20.6. The molecule has 45 heavy (non-hydrogen) atoms. The Morgan fingerprint density at radius 2 is 0.422 bits per heavy atom. The molecule has 0 aromatic carbocycles. The van der Waals surface area contributed by atoms with Gasteiger partial charge in [-0.2, -0.15) is 114 Å². The summed E-state index contributed by atoms with van der Waals surface area (Å²) in [5.74, 6) is -87.0. The first-order valence-electron chi connectivity index (χ1n) is 8.73. The third-order valence-electron chi connectivity index (χ3n) is 4.38. The second kappa shape index (κ2) is 12.2. The van der Waals surface area contributed by atoms with E-state index in [0.717, 1.165) is 0 Å². The molecule has 31 heteroatoms. The molecule has 0 atom stereocenters. The van der Waals surface area contributed by atoms with Crippen molar-refractivity contribution < 1.29 is 134 Å². The summed E-state index contributed by atoms with van der Waals surface area (Å²) in [6.07, 6.45) is -15.1. The number of rotatable bonds is 10. The van der Waals surface area contributed by atoms with E-state index in [1.165, 1.54) is 0 Å². The average Bonchev–Trinajstić information content (AvgIpc) is 2.76. The minimum atomic E-state index is -8.11. The summed E-state index contributed by atoms with van der Waals surface area (Å²) in [6, 6.07) is 0. The molecule has 0 radical (unpaired) electrons. The topological polar surface area (TPSA) is 80.3 Å². The van der Waals surface area contributed by atoms with Crippen molar-refractivity contribution in [2.75, 3.05) is 0 Å². The predicted molar refractivity (Wildman–Crippen MR) is 77.3 cm³/mol. The van der Waals surface area contributed by atoms with E-state index in [0.29, 0.717) is 0 Å². The fourth-order valence-electron chi connectivity index (χ4n) is 1.80. The van der Waals surface area contributed by atoms with Crippen LogP contribution < -0.4 is 10.2 Å². The number of carboxylic acids is 2. The van der Waals surface area contributed by atoms with Crippen LogP contribution in [0.15, 0.2) is 0 Å². The molecule has 0 unspecified atom stereocenters. The number of carbonyl (C=O) groups excluding carboxylic acids is 2. The fourth-order valence-corrected chi connectivity index (χ4v) is 1.80. The molecule has 0 aromatic rings. The van der Waals surface area contributed by atoms with Gasteiger partial charge in [0.1, 0.15) is 11.9 Å². The molecular formula is C14F26MgO4. The Morgan fingerprint density at radius 3 is 0.533 bits per heavy atom. The molecule has 4 nitrogen and oxygen atoms in total. The zero-order valence-electron chi connectivity index (χ0n) is 19.2. The van der Waals surface area contributed by atoms with Gasteiger partial charge in [0.2, 0.25) is 0 Å². The van der Waals surface area contributed by atoms with E-state index in [4.69, 9.17) is 0 Å². The van der Waals surface area contributed by atoms with Crippen molar-refractivity contribution in [2.45, 2.75) is 71.6 Å². The van der Waals surface area contributed by atoms with E-state index < -0.39 is 83.5 Å². The van der Waals surface area contributed by atoms with Gasteiger partial charge in [-0.15, -0.1) is 0 Å². The third kappa shape index (κ3) is 6.68. The molecule has 0 bridgehead atoms. The van der Waals surface area contributed by atoms with Gasteiger partial charge < -0.3 is 19.8 Å². The first kappa shape index (κ1) is 47.3. The van der Waals surface area contributed by atoms with Crippen molar-refractivity contribution in [2.24, 2.45) is 0 Å². The van der Waals surface area contributed by atoms with Crippen LogP contribution in [0.25, 0.3) is 0 Å². The molecule has 0 fully saturated rings. The van der Waals surface area contributed by atoms with Gasteiger partial charge in [-0.3, -0.25) is 0 Å². The number of hydrogen-bond donors (Lipinski definition) is 0. The minimum Gasteiger partial charge on any atom is -0.544 e. The van der Waals surface area contributed by atoms with Gasteiger partial charge in [-0.05, 0) is 0 Å². The number of carboxylic acid groups (broad SMARTS) is 2. The third-order valence-corrected chi connectivity index (χ3v) is 4.38. The van der Waals surface area contributed by atoms with Gasteiger partial charge in [0, 0.05) is 0 Å². The van der Waals surface area contributed by atoms with Gasteiger partial charge >= 0.3 is 94.6 Å². The molecule has 0 aliphatic carbocycles. The first-order chi connectivity index (χ1) is 18.4. The van der Waals surface area contributed by atoms with Gasteiger partial charge in [0.05, 0.1) is 0 Å². The van der Waals surface area contributed by atoms with E-state index in [9.17, 15) is 134 Å². The number of hydrogen-bond acceptors (Lipinski definition) is 4. The molecule has 264 valence electrons. The van der Waals surface area contributed by atoms with E-state index in [2.05, 4.69) is 0 Å². The van der Waals surface area contributed by atoms with Crippen molar-refractivity contribution in [3.8, 4) is 0 Å². The Kier molecular flexibility index (Phi) is 12.8. The maximum absolute atomic E-state index is 12.6. The monoisotopic (exact) mass is 750 g/mol. The fraction of sp³-hybridized carbons (Fsp3) is 0.857. The summed E-state index contributed by atoms with van der Waals surface area (Å²) in [5, 5.41) is 19.1. The van der Waals surface area contributed by atoms with E-state index in [1.54, 1.807) is 0 Å². The van der Waals surface area contributed by atoms with Crippen molar-refractivity contribution in [1.29, 1.82) is 0 Å². The number of alkyl halides is 26. The summed E-state index contributed by atoms with van der Waals surface area (Å²) in [6.45, 7) is 0. The quantitative estimate of drug-likeness (QED) is 0.242. The van der Waals surface area contributed by atoms with E-state index >= 15 is 0 Å². The van der Waals surface area contributed by atoms with Crippen LogP contribution >= 0.6 is 0 Å². The normalized spacial score (nSPS) is 15.5. The van der Waals surface area contributed by atoms with Gasteiger partial charge in [0.15, 0.2) is 0 Å². The number of halogens is 26. The van der Waals surface area contributed by atoms with Crippen LogP contribution in [0.4, 0.5) is 114 Å². The Morgan fingerprint density at radius 1 is 0.289 bits per heavy atom. The Hall–Kier alpha value is -2.11. The number of carbonyl (C=O) groups is 2. The minimum absolute atomic E-state index is 0. The summed E-state index contributed by atoms with van der Waals surface area (Å²) in [5.41, 5.74) is 0. The summed E-state index contributed by atoms with van der Waals surface area (Å²) >= 11 is 0. The first-order valence-corrected chi connectivity index (χ1v) is 8.73. The van der Waals surface area contributed by atoms with Crippen LogP contribution in [0.1, 0.15) is 0 Å². The number of aliphatic carboxylic acids is 2. The maximum Gasteiger partial charge on any atom is 2.00 e. The van der Waals surface area contributed by atoms with Crippen molar-refractivity contribution in [1.82, 2.24) is 0 Å². The SMILES string of the molecule is O=C([O-])C(F)(F)C(F)(F)C(F)(F)C(F)(F)C(F)(F)C(F)(F)F.O=C([O-])C(F)(F)C(F)(F)C(F)(F)C(F)(F)C(F)(F)C(F)(F)F.[Mg+2]. The molecule has 0 spiro atoms. The smallest absolute Gasteiger partial charge is 0.544 e. The summed E-state index contributed by atoms with van der Waals surface area (Å²) in [7, 11) is 0. The largest absolute Gasteiger partial charge is 2.00 e. The van der Waals surface area contributed by atoms with Gasteiger partial charge in [-0.1, -0.05) is 0 Å². The molecule has 0 aliphatic heterocycles. The maximum atomic E-state index is 12.6. The van der Waals surface area contributed by atoms with Crippen LogP contribution in [-0.2, 0) is 9.59 Å². The van der Waals surface area contributed by atoms with Crippen molar-refractivity contribution >= 4 is 35.0 Å². The molecule has 0 N–H and O–H groups in total. The molecule has 0 amide bonds. The molecule has 0 heterocycles. The zero-order chi connectivity index (χ0) is 37.2. The van der Waals surface area contributed by atoms with Crippen LogP contribution in [0.5, 0.6) is 0 Å². The predicted octanol–water partition coefficient (Wildman–Crippen LogP) is 4.57. The van der Waals surface area contributed by atoms with E-state index in [-0.39, 0.29) is 23.1 Å². The van der Waals surface area contributed by atoms with Crippen molar-refractivity contribution in [3.05, 3.63) is 0 Å². The van der Waals surface area contributed by atoms with Crippen LogP contribution in [0, 0.1) is 0 Å². The van der Waals surface area contributed by atoms with Gasteiger partial charge in [-0.25, -0.2) is 0 Å². The molecule has 0 aliphatic rings. The molecular weight excluding hydrogens is 750 g/mol. The Balaban J connectivity index is -0.000000767. The van der Waals surface area contributed by atoms with Gasteiger partial charge in [0.25, 0.3) is 0 Å². The molecule has 0 saturated carbocycles. The Bertz CT molecular complexity index is 987. The van der Waals surface area contributed by atoms with Crippen molar-refractivity contribution in [3.63, 3.8) is 0 Å². The molecule has 0 aromatic heterocycles. The average molecular weight is 750 g/mol. The second-order valence-corrected chi connectivity index (χ2v) is 7.31. The van der Waals surface area contributed by atoms with Crippen LogP contribution in [-0.4, -0.2) is 107 Å². The van der Waals surface area contributed by atoms with Crippen LogP contribution in [0.2, 0.25) is 0 Å². The Labute approximate surface area is 241 Å². The van der Waals surface area contributed by atoms with Crippen LogP contribution in [0.3, 0.4) is 0 Å².